The summed E-state index contributed by atoms with van der Waals surface area (Å²) in [5.74, 6) is 0.606. The van der Waals surface area contributed by atoms with Crippen LogP contribution in [-0.4, -0.2) is 25.7 Å². The summed E-state index contributed by atoms with van der Waals surface area (Å²) in [4.78, 5) is 12.2. The first kappa shape index (κ1) is 14.6. The van der Waals surface area contributed by atoms with Gasteiger partial charge in [-0.3, -0.25) is 4.79 Å². The van der Waals surface area contributed by atoms with Gasteiger partial charge in [0.2, 0.25) is 5.91 Å². The Morgan fingerprint density at radius 1 is 1.24 bits per heavy atom. The minimum Gasteiger partial charge on any atom is -0.381 e. The lowest BCUT2D eigenvalue weighted by atomic mass is 9.79. The second-order valence-corrected chi connectivity index (χ2v) is 6.56. The molecule has 0 unspecified atom stereocenters. The van der Waals surface area contributed by atoms with Gasteiger partial charge in [-0.2, -0.15) is 0 Å². The number of ether oxygens (including phenoxy) is 1. The molecule has 2 fully saturated rings. The van der Waals surface area contributed by atoms with Gasteiger partial charge in [0.25, 0.3) is 0 Å². The molecular formula is C18H25NO2. The summed E-state index contributed by atoms with van der Waals surface area (Å²) in [5, 5.41) is 3.20. The van der Waals surface area contributed by atoms with E-state index in [0.29, 0.717) is 12.3 Å². The smallest absolute Gasteiger partial charge is 0.220 e. The van der Waals surface area contributed by atoms with Gasteiger partial charge >= 0.3 is 0 Å². The van der Waals surface area contributed by atoms with Crippen molar-refractivity contribution in [2.24, 2.45) is 5.92 Å². The maximum absolute atomic E-state index is 12.2. The number of rotatable bonds is 5. The molecule has 3 rings (SSSR count). The summed E-state index contributed by atoms with van der Waals surface area (Å²) < 4.78 is 5.35. The van der Waals surface area contributed by atoms with Gasteiger partial charge < -0.3 is 10.1 Å². The van der Waals surface area contributed by atoms with Crippen molar-refractivity contribution in [3.8, 4) is 0 Å². The van der Waals surface area contributed by atoms with Crippen molar-refractivity contribution in [2.45, 2.75) is 43.9 Å². The van der Waals surface area contributed by atoms with Crippen LogP contribution < -0.4 is 5.32 Å². The highest BCUT2D eigenvalue weighted by Gasteiger charge is 2.35. The van der Waals surface area contributed by atoms with Crippen LogP contribution in [-0.2, 0) is 14.9 Å². The zero-order valence-corrected chi connectivity index (χ0v) is 12.6. The number of carbonyl (C=O) groups is 1. The first-order valence-corrected chi connectivity index (χ1v) is 8.18. The van der Waals surface area contributed by atoms with Gasteiger partial charge in [0.1, 0.15) is 0 Å². The number of amides is 1. The van der Waals surface area contributed by atoms with E-state index in [4.69, 9.17) is 4.74 Å². The van der Waals surface area contributed by atoms with E-state index in [9.17, 15) is 4.79 Å². The summed E-state index contributed by atoms with van der Waals surface area (Å²) in [6.45, 7) is 2.34. The van der Waals surface area contributed by atoms with Crippen LogP contribution >= 0.6 is 0 Å². The molecule has 1 aromatic rings. The van der Waals surface area contributed by atoms with Crippen molar-refractivity contribution >= 4 is 5.91 Å². The second kappa shape index (κ2) is 6.61. The van der Waals surface area contributed by atoms with Gasteiger partial charge in [-0.25, -0.2) is 0 Å². The molecule has 1 aliphatic carbocycles. The number of carbonyl (C=O) groups excluding carboxylic acids is 1. The van der Waals surface area contributed by atoms with Gasteiger partial charge in [0.05, 0.1) is 0 Å². The molecule has 0 aromatic heterocycles. The normalized spacial score (nSPS) is 24.1. The van der Waals surface area contributed by atoms with Crippen molar-refractivity contribution in [1.82, 2.24) is 5.32 Å². The van der Waals surface area contributed by atoms with Crippen molar-refractivity contribution in [3.63, 3.8) is 0 Å². The highest BCUT2D eigenvalue weighted by molar-refractivity contribution is 5.76. The molecule has 1 heterocycles. The van der Waals surface area contributed by atoms with E-state index in [0.717, 1.165) is 26.2 Å². The molecule has 1 amide bonds. The molecule has 3 nitrogen and oxygen atoms in total. The third kappa shape index (κ3) is 3.46. The zero-order chi connectivity index (χ0) is 14.5. The predicted octanol–water partition coefficient (Wildman–Crippen LogP) is 3.04. The Hall–Kier alpha value is -1.35. The molecule has 1 saturated carbocycles. The molecule has 114 valence electrons. The van der Waals surface area contributed by atoms with Crippen LogP contribution in [0.25, 0.3) is 0 Å². The minimum atomic E-state index is 0.156. The van der Waals surface area contributed by atoms with Crippen molar-refractivity contribution in [1.29, 1.82) is 0 Å². The topological polar surface area (TPSA) is 38.3 Å². The van der Waals surface area contributed by atoms with E-state index in [2.05, 4.69) is 35.6 Å². The Morgan fingerprint density at radius 2 is 2.00 bits per heavy atom. The minimum absolute atomic E-state index is 0.156. The summed E-state index contributed by atoms with van der Waals surface area (Å²) in [6, 6.07) is 10.7. The Labute approximate surface area is 127 Å². The number of hydrogen-bond acceptors (Lipinski definition) is 2. The van der Waals surface area contributed by atoms with Crippen LogP contribution in [0.4, 0.5) is 0 Å². The van der Waals surface area contributed by atoms with E-state index in [1.807, 2.05) is 0 Å². The molecular weight excluding hydrogens is 262 g/mol. The summed E-state index contributed by atoms with van der Waals surface area (Å²) >= 11 is 0. The molecule has 0 radical (unpaired) electrons. The molecule has 2 aliphatic rings. The van der Waals surface area contributed by atoms with E-state index < -0.39 is 0 Å². The van der Waals surface area contributed by atoms with Crippen molar-refractivity contribution in [3.05, 3.63) is 35.9 Å². The van der Waals surface area contributed by atoms with Crippen LogP contribution in [0.1, 0.15) is 44.1 Å². The molecule has 21 heavy (non-hydrogen) atoms. The fourth-order valence-electron chi connectivity index (χ4n) is 3.76. The number of hydrogen-bond donors (Lipinski definition) is 1. The highest BCUT2D eigenvalue weighted by Crippen LogP contribution is 2.40. The van der Waals surface area contributed by atoms with Crippen LogP contribution in [0.2, 0.25) is 0 Å². The standard InChI is InChI=1S/C18H25NO2/c20-17(12-15-8-11-21-13-15)19-14-18(9-4-5-10-18)16-6-2-1-3-7-16/h1-3,6-7,15H,4-5,8-14H2,(H,19,20)/t15-/m1/s1. The van der Waals surface area contributed by atoms with Crippen LogP contribution in [0.5, 0.6) is 0 Å². The molecule has 0 spiro atoms. The van der Waals surface area contributed by atoms with Gasteiger partial charge in [0, 0.05) is 31.6 Å². The lowest BCUT2D eigenvalue weighted by Crippen LogP contribution is -2.39. The fourth-order valence-corrected chi connectivity index (χ4v) is 3.76. The van der Waals surface area contributed by atoms with Gasteiger partial charge in [0.15, 0.2) is 0 Å². The van der Waals surface area contributed by atoms with Gasteiger partial charge in [-0.1, -0.05) is 43.2 Å². The Balaban J connectivity index is 1.59. The van der Waals surface area contributed by atoms with E-state index >= 15 is 0 Å². The van der Waals surface area contributed by atoms with E-state index in [-0.39, 0.29) is 11.3 Å². The lowest BCUT2D eigenvalue weighted by molar-refractivity contribution is -0.122. The molecule has 3 heteroatoms. The zero-order valence-electron chi connectivity index (χ0n) is 12.6. The average molecular weight is 287 g/mol. The predicted molar refractivity (Wildman–Crippen MR) is 83.1 cm³/mol. The van der Waals surface area contributed by atoms with Crippen molar-refractivity contribution < 1.29 is 9.53 Å². The first-order chi connectivity index (χ1) is 10.3. The quantitative estimate of drug-likeness (QED) is 0.904. The van der Waals surface area contributed by atoms with E-state index in [1.54, 1.807) is 0 Å². The molecule has 1 aliphatic heterocycles. The summed E-state index contributed by atoms with van der Waals surface area (Å²) in [6.07, 6.45) is 6.54. The largest absolute Gasteiger partial charge is 0.381 e. The average Bonchev–Trinajstić information content (AvgIpc) is 3.18. The Kier molecular flexibility index (Phi) is 4.59. The number of nitrogens with one attached hydrogen (secondary N) is 1. The third-order valence-corrected chi connectivity index (χ3v) is 5.07. The Bertz CT molecular complexity index is 459. The fraction of sp³-hybridized carbons (Fsp3) is 0.611. The maximum atomic E-state index is 12.2. The van der Waals surface area contributed by atoms with Crippen molar-refractivity contribution in [2.75, 3.05) is 19.8 Å². The van der Waals surface area contributed by atoms with E-state index in [1.165, 1.54) is 31.2 Å². The molecule has 1 N–H and O–H groups in total. The monoisotopic (exact) mass is 287 g/mol. The van der Waals surface area contributed by atoms with Crippen LogP contribution in [0.15, 0.2) is 30.3 Å². The third-order valence-electron chi connectivity index (χ3n) is 5.07. The number of benzene rings is 1. The van der Waals surface area contributed by atoms with Crippen LogP contribution in [0, 0.1) is 5.92 Å². The van der Waals surface area contributed by atoms with Gasteiger partial charge in [-0.15, -0.1) is 0 Å². The Morgan fingerprint density at radius 3 is 2.67 bits per heavy atom. The van der Waals surface area contributed by atoms with Crippen LogP contribution in [0.3, 0.4) is 0 Å². The maximum Gasteiger partial charge on any atom is 0.220 e. The summed E-state index contributed by atoms with van der Waals surface area (Å²) in [5.41, 5.74) is 1.54. The lowest BCUT2D eigenvalue weighted by Gasteiger charge is -2.30. The van der Waals surface area contributed by atoms with Gasteiger partial charge in [-0.05, 0) is 30.7 Å². The molecule has 1 aromatic carbocycles. The molecule has 1 atom stereocenters. The SMILES string of the molecule is O=C(C[C@H]1CCOC1)NCC1(c2ccccc2)CCCC1. The molecule has 0 bridgehead atoms. The second-order valence-electron chi connectivity index (χ2n) is 6.56. The molecule has 1 saturated heterocycles. The highest BCUT2D eigenvalue weighted by atomic mass is 16.5. The first-order valence-electron chi connectivity index (χ1n) is 8.18. The summed E-state index contributed by atoms with van der Waals surface area (Å²) in [7, 11) is 0.